The van der Waals surface area contributed by atoms with Crippen LogP contribution in [0.2, 0.25) is 0 Å². The summed E-state index contributed by atoms with van der Waals surface area (Å²) in [5, 5.41) is 7.74. The second-order valence-electron chi connectivity index (χ2n) is 4.98. The van der Waals surface area contributed by atoms with E-state index in [1.807, 2.05) is 18.3 Å². The highest BCUT2D eigenvalue weighted by molar-refractivity contribution is 9.10. The summed E-state index contributed by atoms with van der Waals surface area (Å²) in [7, 11) is 0. The van der Waals surface area contributed by atoms with E-state index in [1.165, 1.54) is 6.42 Å². The van der Waals surface area contributed by atoms with Gasteiger partial charge in [-0.25, -0.2) is 4.52 Å². The summed E-state index contributed by atoms with van der Waals surface area (Å²) in [6.07, 6.45) is 3.10. The third kappa shape index (κ3) is 1.69. The van der Waals surface area contributed by atoms with Gasteiger partial charge < -0.3 is 5.32 Å². The van der Waals surface area contributed by atoms with Crippen LogP contribution in [-0.2, 0) is 0 Å². The fraction of sp³-hybridized carbons (Fsp3) is 0.455. The Kier molecular flexibility index (Phi) is 2.01. The number of fused-ring (bicyclic) bond motifs is 1. The Bertz CT molecular complexity index is 546. The third-order valence-corrected chi connectivity index (χ3v) is 3.58. The molecule has 2 aromatic rings. The van der Waals surface area contributed by atoms with Crippen molar-refractivity contribution >= 4 is 27.5 Å². The smallest absolute Gasteiger partial charge is 0.243 e. The molecule has 0 spiro atoms. The molecule has 1 aliphatic carbocycles. The lowest BCUT2D eigenvalue weighted by molar-refractivity contribution is 0.629. The molecule has 1 unspecified atom stereocenters. The van der Waals surface area contributed by atoms with E-state index in [9.17, 15) is 0 Å². The van der Waals surface area contributed by atoms with E-state index in [1.54, 1.807) is 4.52 Å². The van der Waals surface area contributed by atoms with E-state index in [-0.39, 0.29) is 0 Å². The monoisotopic (exact) mass is 280 g/mol. The zero-order valence-corrected chi connectivity index (χ0v) is 10.8. The molecule has 3 rings (SSSR count). The standard InChI is InChI=1S/C11H13BrN4/c1-11(2)5-8(11)13-10-14-9-4-3-7(12)6-16(9)15-10/h3-4,6,8H,5H2,1-2H3,(H,13,15). The van der Waals surface area contributed by atoms with Gasteiger partial charge in [0.25, 0.3) is 0 Å². The van der Waals surface area contributed by atoms with E-state index in [0.717, 1.165) is 10.1 Å². The minimum absolute atomic E-state index is 0.387. The van der Waals surface area contributed by atoms with Crippen LogP contribution in [0.25, 0.3) is 5.65 Å². The largest absolute Gasteiger partial charge is 0.350 e. The first-order valence-corrected chi connectivity index (χ1v) is 6.12. The van der Waals surface area contributed by atoms with E-state index >= 15 is 0 Å². The van der Waals surface area contributed by atoms with Gasteiger partial charge in [-0.15, -0.1) is 5.10 Å². The molecule has 84 valence electrons. The highest BCUT2D eigenvalue weighted by atomic mass is 79.9. The topological polar surface area (TPSA) is 42.2 Å². The fourth-order valence-corrected chi connectivity index (χ4v) is 2.11. The second-order valence-corrected chi connectivity index (χ2v) is 5.89. The molecule has 0 amide bonds. The van der Waals surface area contributed by atoms with Crippen LogP contribution in [0.5, 0.6) is 0 Å². The second kappa shape index (κ2) is 3.20. The molecule has 0 saturated heterocycles. The van der Waals surface area contributed by atoms with E-state index in [2.05, 4.69) is 45.2 Å². The molecule has 1 aliphatic rings. The first-order chi connectivity index (χ1) is 7.54. The van der Waals surface area contributed by atoms with Crippen LogP contribution in [0.3, 0.4) is 0 Å². The van der Waals surface area contributed by atoms with Gasteiger partial charge in [0.05, 0.1) is 0 Å². The number of hydrogen-bond acceptors (Lipinski definition) is 3. The van der Waals surface area contributed by atoms with Crippen LogP contribution in [-0.4, -0.2) is 20.6 Å². The van der Waals surface area contributed by atoms with Crippen LogP contribution in [0.15, 0.2) is 22.8 Å². The van der Waals surface area contributed by atoms with Gasteiger partial charge in [0, 0.05) is 16.7 Å². The van der Waals surface area contributed by atoms with Gasteiger partial charge in [-0.05, 0) is 39.9 Å². The molecule has 2 heterocycles. The average Bonchev–Trinajstić information content (AvgIpc) is 2.64. The molecule has 0 aromatic carbocycles. The van der Waals surface area contributed by atoms with Crippen molar-refractivity contribution in [3.05, 3.63) is 22.8 Å². The average molecular weight is 281 g/mol. The lowest BCUT2D eigenvalue weighted by atomic mass is 10.2. The van der Waals surface area contributed by atoms with Crippen LogP contribution in [0.1, 0.15) is 20.3 Å². The van der Waals surface area contributed by atoms with Crippen molar-refractivity contribution in [1.29, 1.82) is 0 Å². The highest BCUT2D eigenvalue weighted by Gasteiger charge is 2.46. The first-order valence-electron chi connectivity index (χ1n) is 5.33. The van der Waals surface area contributed by atoms with Crippen molar-refractivity contribution in [3.63, 3.8) is 0 Å². The molecule has 2 aromatic heterocycles. The van der Waals surface area contributed by atoms with Gasteiger partial charge in [0.15, 0.2) is 5.65 Å². The minimum Gasteiger partial charge on any atom is -0.350 e. The normalized spacial score (nSPS) is 22.3. The van der Waals surface area contributed by atoms with Crippen molar-refractivity contribution < 1.29 is 0 Å². The minimum atomic E-state index is 0.387. The number of aromatic nitrogens is 3. The van der Waals surface area contributed by atoms with E-state index in [0.29, 0.717) is 17.4 Å². The number of nitrogens with one attached hydrogen (secondary N) is 1. The third-order valence-electron chi connectivity index (χ3n) is 3.11. The zero-order chi connectivity index (χ0) is 11.3. The Morgan fingerprint density at radius 2 is 2.25 bits per heavy atom. The van der Waals surface area contributed by atoms with Crippen molar-refractivity contribution in [2.24, 2.45) is 5.41 Å². The van der Waals surface area contributed by atoms with Crippen LogP contribution in [0, 0.1) is 5.41 Å². The molecule has 1 saturated carbocycles. The van der Waals surface area contributed by atoms with Gasteiger partial charge in [-0.2, -0.15) is 4.98 Å². The van der Waals surface area contributed by atoms with Crippen LogP contribution in [0.4, 0.5) is 5.95 Å². The zero-order valence-electron chi connectivity index (χ0n) is 9.24. The van der Waals surface area contributed by atoms with Crippen molar-refractivity contribution in [3.8, 4) is 0 Å². The number of hydrogen-bond donors (Lipinski definition) is 1. The number of pyridine rings is 1. The van der Waals surface area contributed by atoms with Gasteiger partial charge in [0.2, 0.25) is 5.95 Å². The van der Waals surface area contributed by atoms with Gasteiger partial charge in [0.1, 0.15) is 0 Å². The predicted octanol–water partition coefficient (Wildman–Crippen LogP) is 2.70. The number of nitrogens with zero attached hydrogens (tertiary/aromatic N) is 3. The van der Waals surface area contributed by atoms with Gasteiger partial charge in [-0.3, -0.25) is 0 Å². The Hall–Kier alpha value is -1.10. The van der Waals surface area contributed by atoms with Crippen molar-refractivity contribution in [1.82, 2.24) is 14.6 Å². The molecule has 0 radical (unpaired) electrons. The Balaban J connectivity index is 1.88. The summed E-state index contributed by atoms with van der Waals surface area (Å²) >= 11 is 3.41. The summed E-state index contributed by atoms with van der Waals surface area (Å²) in [5.41, 5.74) is 1.25. The molecule has 1 fully saturated rings. The van der Waals surface area contributed by atoms with Crippen molar-refractivity contribution in [2.45, 2.75) is 26.3 Å². The number of rotatable bonds is 2. The summed E-state index contributed by atoms with van der Waals surface area (Å²) in [6.45, 7) is 4.49. The van der Waals surface area contributed by atoms with Crippen molar-refractivity contribution in [2.75, 3.05) is 5.32 Å². The van der Waals surface area contributed by atoms with Gasteiger partial charge in [-0.1, -0.05) is 13.8 Å². The Morgan fingerprint density at radius 3 is 2.94 bits per heavy atom. The van der Waals surface area contributed by atoms with Crippen LogP contribution < -0.4 is 5.32 Å². The highest BCUT2D eigenvalue weighted by Crippen LogP contribution is 2.46. The Labute approximate surface area is 102 Å². The SMILES string of the molecule is CC1(C)CC1Nc1nc2ccc(Br)cn2n1. The molecular formula is C11H13BrN4. The first kappa shape index (κ1) is 10.1. The molecule has 4 nitrogen and oxygen atoms in total. The molecule has 1 N–H and O–H groups in total. The molecular weight excluding hydrogens is 268 g/mol. The molecule has 16 heavy (non-hydrogen) atoms. The van der Waals surface area contributed by atoms with E-state index < -0.39 is 0 Å². The number of halogens is 1. The predicted molar refractivity (Wildman–Crippen MR) is 66.5 cm³/mol. The summed E-state index contributed by atoms with van der Waals surface area (Å²) in [4.78, 5) is 4.42. The lowest BCUT2D eigenvalue weighted by Gasteiger charge is -2.02. The molecule has 0 aliphatic heterocycles. The summed E-state index contributed by atoms with van der Waals surface area (Å²) in [5.74, 6) is 0.716. The maximum absolute atomic E-state index is 4.42. The fourth-order valence-electron chi connectivity index (χ4n) is 1.79. The lowest BCUT2D eigenvalue weighted by Crippen LogP contribution is -2.09. The van der Waals surface area contributed by atoms with Gasteiger partial charge >= 0.3 is 0 Å². The van der Waals surface area contributed by atoms with E-state index in [4.69, 9.17) is 0 Å². The Morgan fingerprint density at radius 1 is 1.50 bits per heavy atom. The summed E-state index contributed by atoms with van der Waals surface area (Å²) < 4.78 is 2.78. The maximum atomic E-state index is 4.42. The number of anilines is 1. The maximum Gasteiger partial charge on any atom is 0.243 e. The molecule has 1 atom stereocenters. The molecule has 0 bridgehead atoms. The summed E-state index contributed by atoms with van der Waals surface area (Å²) in [6, 6.07) is 4.42. The quantitative estimate of drug-likeness (QED) is 0.920. The van der Waals surface area contributed by atoms with Crippen LogP contribution >= 0.6 is 15.9 Å². The molecule has 5 heteroatoms.